The third kappa shape index (κ3) is 5.88. The van der Waals surface area contributed by atoms with Crippen LogP contribution in [-0.2, 0) is 16.6 Å². The molecule has 1 fully saturated rings. The SMILES string of the molecule is CCNC(=O)c1cccc(CNC(=O)c2ccc(Cl)c(S(=O)(=O)N3CCCCCC3)c2)c1. The molecule has 0 radical (unpaired) electrons. The van der Waals surface area contributed by atoms with Gasteiger partial charge in [0, 0.05) is 37.3 Å². The molecule has 2 aromatic carbocycles. The van der Waals surface area contributed by atoms with Crippen molar-refractivity contribution in [2.45, 2.75) is 44.0 Å². The lowest BCUT2D eigenvalue weighted by Gasteiger charge is -2.21. The molecular weight excluding hydrogens is 450 g/mol. The van der Waals surface area contributed by atoms with Gasteiger partial charge >= 0.3 is 0 Å². The first-order valence-electron chi connectivity index (χ1n) is 10.8. The van der Waals surface area contributed by atoms with Crippen molar-refractivity contribution in [3.05, 3.63) is 64.2 Å². The molecule has 0 spiro atoms. The van der Waals surface area contributed by atoms with Gasteiger partial charge in [-0.1, -0.05) is 36.6 Å². The van der Waals surface area contributed by atoms with Crippen LogP contribution in [0.1, 0.15) is 58.9 Å². The number of carbonyl (C=O) groups excluding carboxylic acids is 2. The minimum absolute atomic E-state index is 0.0491. The molecule has 0 aliphatic carbocycles. The van der Waals surface area contributed by atoms with Crippen molar-refractivity contribution in [3.63, 3.8) is 0 Å². The molecule has 2 aromatic rings. The van der Waals surface area contributed by atoms with E-state index in [0.29, 0.717) is 25.2 Å². The Kier molecular flexibility index (Phi) is 8.28. The number of hydrogen-bond donors (Lipinski definition) is 2. The average molecular weight is 478 g/mol. The quantitative estimate of drug-likeness (QED) is 0.637. The van der Waals surface area contributed by atoms with Crippen molar-refractivity contribution in [2.75, 3.05) is 19.6 Å². The Balaban J connectivity index is 1.74. The van der Waals surface area contributed by atoms with E-state index in [1.54, 1.807) is 24.3 Å². The van der Waals surface area contributed by atoms with Gasteiger partial charge in [-0.15, -0.1) is 0 Å². The van der Waals surface area contributed by atoms with Gasteiger partial charge < -0.3 is 10.6 Å². The van der Waals surface area contributed by atoms with E-state index in [0.717, 1.165) is 31.2 Å². The highest BCUT2D eigenvalue weighted by Crippen LogP contribution is 2.27. The number of hydrogen-bond acceptors (Lipinski definition) is 4. The van der Waals surface area contributed by atoms with Crippen molar-refractivity contribution >= 4 is 33.4 Å². The normalized spacial score (nSPS) is 15.1. The fourth-order valence-electron chi connectivity index (χ4n) is 3.63. The number of amides is 2. The predicted octanol–water partition coefficient (Wildman–Crippen LogP) is 3.58. The van der Waals surface area contributed by atoms with Crippen LogP contribution in [0.3, 0.4) is 0 Å². The number of nitrogens with one attached hydrogen (secondary N) is 2. The molecule has 0 atom stereocenters. The second-order valence-corrected chi connectivity index (χ2v) is 10.0. The lowest BCUT2D eigenvalue weighted by molar-refractivity contribution is 0.0947. The Labute approximate surface area is 194 Å². The third-order valence-corrected chi connectivity index (χ3v) is 7.74. The van der Waals surface area contributed by atoms with Crippen molar-refractivity contribution < 1.29 is 18.0 Å². The summed E-state index contributed by atoms with van der Waals surface area (Å²) >= 11 is 6.22. The Hall–Kier alpha value is -2.42. The van der Waals surface area contributed by atoms with Crippen LogP contribution >= 0.6 is 11.6 Å². The summed E-state index contributed by atoms with van der Waals surface area (Å²) < 4.78 is 27.7. The molecule has 7 nitrogen and oxygen atoms in total. The molecule has 0 bridgehead atoms. The fraction of sp³-hybridized carbons (Fsp3) is 0.391. The first-order chi connectivity index (χ1) is 15.3. The lowest BCUT2D eigenvalue weighted by atomic mass is 10.1. The van der Waals surface area contributed by atoms with Gasteiger partial charge in [-0.3, -0.25) is 9.59 Å². The molecule has 1 heterocycles. The van der Waals surface area contributed by atoms with E-state index in [1.807, 2.05) is 6.92 Å². The topological polar surface area (TPSA) is 95.6 Å². The number of rotatable bonds is 7. The molecule has 3 rings (SSSR count). The Bertz CT molecular complexity index is 1080. The van der Waals surface area contributed by atoms with Gasteiger partial charge in [-0.25, -0.2) is 8.42 Å². The number of sulfonamides is 1. The zero-order valence-electron chi connectivity index (χ0n) is 18.1. The van der Waals surface area contributed by atoms with Crippen LogP contribution in [0.2, 0.25) is 5.02 Å². The second-order valence-electron chi connectivity index (χ2n) is 7.71. The fourth-order valence-corrected chi connectivity index (χ4v) is 5.65. The van der Waals surface area contributed by atoms with E-state index in [2.05, 4.69) is 10.6 Å². The van der Waals surface area contributed by atoms with Crippen molar-refractivity contribution in [1.29, 1.82) is 0 Å². The monoisotopic (exact) mass is 477 g/mol. The van der Waals surface area contributed by atoms with Gasteiger partial charge in [0.25, 0.3) is 11.8 Å². The smallest absolute Gasteiger partial charge is 0.251 e. The number of benzene rings is 2. The number of carbonyl (C=O) groups is 2. The molecule has 9 heteroatoms. The minimum atomic E-state index is -3.78. The summed E-state index contributed by atoms with van der Waals surface area (Å²) in [6.45, 7) is 3.48. The van der Waals surface area contributed by atoms with Gasteiger partial charge in [0.1, 0.15) is 4.90 Å². The standard InChI is InChI=1S/C23H28ClN3O4S/c1-2-25-22(28)18-9-7-8-17(14-18)16-26-23(29)19-10-11-20(24)21(15-19)32(30,31)27-12-5-3-4-6-13-27/h7-11,14-15H,2-6,12-13,16H2,1H3,(H,25,28)(H,26,29). The Morgan fingerprint density at radius 2 is 1.59 bits per heavy atom. The molecule has 0 unspecified atom stereocenters. The van der Waals surface area contributed by atoms with Crippen LogP contribution in [0.5, 0.6) is 0 Å². The Morgan fingerprint density at radius 3 is 2.28 bits per heavy atom. The third-order valence-electron chi connectivity index (χ3n) is 5.36. The van der Waals surface area contributed by atoms with Crippen molar-refractivity contribution in [1.82, 2.24) is 14.9 Å². The van der Waals surface area contributed by atoms with E-state index in [4.69, 9.17) is 11.6 Å². The second kappa shape index (κ2) is 10.9. The van der Waals surface area contributed by atoms with Gasteiger partial charge in [0.2, 0.25) is 10.0 Å². The van der Waals surface area contributed by atoms with Gasteiger partial charge in [-0.05, 0) is 55.7 Å². The van der Waals surface area contributed by atoms with E-state index >= 15 is 0 Å². The van der Waals surface area contributed by atoms with Gasteiger partial charge in [-0.2, -0.15) is 4.31 Å². The Morgan fingerprint density at radius 1 is 0.938 bits per heavy atom. The van der Waals surface area contributed by atoms with E-state index in [9.17, 15) is 18.0 Å². The lowest BCUT2D eigenvalue weighted by Crippen LogP contribution is -2.32. The highest BCUT2D eigenvalue weighted by molar-refractivity contribution is 7.89. The first kappa shape index (κ1) is 24.2. The van der Waals surface area contributed by atoms with Crippen LogP contribution < -0.4 is 10.6 Å². The van der Waals surface area contributed by atoms with Gasteiger partial charge in [0.05, 0.1) is 5.02 Å². The minimum Gasteiger partial charge on any atom is -0.352 e. The summed E-state index contributed by atoms with van der Waals surface area (Å²) in [5, 5.41) is 5.61. The number of nitrogens with zero attached hydrogens (tertiary/aromatic N) is 1. The van der Waals surface area contributed by atoms with Gasteiger partial charge in [0.15, 0.2) is 0 Å². The summed E-state index contributed by atoms with van der Waals surface area (Å²) in [5.74, 6) is -0.598. The largest absolute Gasteiger partial charge is 0.352 e. The maximum Gasteiger partial charge on any atom is 0.251 e. The van der Waals surface area contributed by atoms with Crippen LogP contribution in [0, 0.1) is 0 Å². The molecule has 0 saturated carbocycles. The van der Waals surface area contributed by atoms with Crippen molar-refractivity contribution in [3.8, 4) is 0 Å². The molecule has 2 amide bonds. The molecule has 32 heavy (non-hydrogen) atoms. The molecule has 0 aromatic heterocycles. The summed E-state index contributed by atoms with van der Waals surface area (Å²) in [5.41, 5.74) is 1.48. The van der Waals surface area contributed by atoms with E-state index in [-0.39, 0.29) is 27.9 Å². The summed E-state index contributed by atoms with van der Waals surface area (Å²) in [4.78, 5) is 24.7. The molecule has 1 aliphatic heterocycles. The maximum absolute atomic E-state index is 13.1. The van der Waals surface area contributed by atoms with Crippen LogP contribution in [-0.4, -0.2) is 44.2 Å². The number of halogens is 1. The molecule has 1 saturated heterocycles. The molecule has 172 valence electrons. The van der Waals surface area contributed by atoms with E-state index in [1.165, 1.54) is 22.5 Å². The van der Waals surface area contributed by atoms with Crippen LogP contribution in [0.15, 0.2) is 47.4 Å². The zero-order valence-corrected chi connectivity index (χ0v) is 19.6. The van der Waals surface area contributed by atoms with Crippen LogP contribution in [0.4, 0.5) is 0 Å². The summed E-state index contributed by atoms with van der Waals surface area (Å²) in [6, 6.07) is 11.3. The molecular formula is C23H28ClN3O4S. The first-order valence-corrected chi connectivity index (χ1v) is 12.6. The molecule has 2 N–H and O–H groups in total. The predicted molar refractivity (Wildman–Crippen MR) is 124 cm³/mol. The summed E-state index contributed by atoms with van der Waals surface area (Å²) in [6.07, 6.45) is 3.63. The van der Waals surface area contributed by atoms with Crippen molar-refractivity contribution in [2.24, 2.45) is 0 Å². The molecule has 1 aliphatic rings. The maximum atomic E-state index is 13.1. The average Bonchev–Trinajstić information content (AvgIpc) is 3.08. The van der Waals surface area contributed by atoms with E-state index < -0.39 is 15.9 Å². The van der Waals surface area contributed by atoms with Crippen LogP contribution in [0.25, 0.3) is 0 Å². The highest BCUT2D eigenvalue weighted by Gasteiger charge is 2.28. The highest BCUT2D eigenvalue weighted by atomic mass is 35.5. The zero-order chi connectivity index (χ0) is 23.1. The summed E-state index contributed by atoms with van der Waals surface area (Å²) in [7, 11) is -3.78.